The molecule has 3 rings (SSSR count). The SMILES string of the molecule is CCOC(=O)N1c2ccc(C(F)(F)F)cc2C(CN(C)c2cc(C(F)(F)F)cc(C(F)(F)F)c2)C[C@@H]1CC. The monoisotopic (exact) mass is 556 g/mol. The second kappa shape index (κ2) is 10.6. The van der Waals surface area contributed by atoms with Crippen molar-refractivity contribution in [2.75, 3.05) is 30.0 Å². The van der Waals surface area contributed by atoms with Crippen LogP contribution in [-0.2, 0) is 23.3 Å². The van der Waals surface area contributed by atoms with Crippen molar-refractivity contribution in [3.8, 4) is 0 Å². The topological polar surface area (TPSA) is 32.8 Å². The van der Waals surface area contributed by atoms with Gasteiger partial charge in [-0.15, -0.1) is 0 Å². The van der Waals surface area contributed by atoms with Gasteiger partial charge in [0, 0.05) is 31.2 Å². The number of amides is 1. The largest absolute Gasteiger partial charge is 0.449 e. The summed E-state index contributed by atoms with van der Waals surface area (Å²) in [5.41, 5.74) is -4.17. The maximum absolute atomic E-state index is 13.5. The normalized spacial score (nSPS) is 18.3. The standard InChI is InChI=1S/C25H25F9N2O2/c1-4-18-8-14(13-35(3)19-10-16(24(29,30)31)9-17(11-19)25(32,33)34)20-12-15(23(26,27)28)6-7-21(20)36(18)22(37)38-5-2/h6-7,9-12,14,18H,4-5,8,13H2,1-3H3/t14?,18-/m0/s1. The van der Waals surface area contributed by atoms with Crippen molar-refractivity contribution in [3.05, 3.63) is 58.7 Å². The zero-order chi connectivity index (χ0) is 28.6. The predicted octanol–water partition coefficient (Wildman–Crippen LogP) is 8.11. The molecule has 2 aromatic rings. The summed E-state index contributed by atoms with van der Waals surface area (Å²) in [5, 5.41) is 0. The number of carbonyl (C=O) groups excluding carboxylic acids is 1. The molecule has 38 heavy (non-hydrogen) atoms. The van der Waals surface area contributed by atoms with E-state index in [0.29, 0.717) is 18.6 Å². The van der Waals surface area contributed by atoms with Gasteiger partial charge in [-0.25, -0.2) is 4.79 Å². The van der Waals surface area contributed by atoms with Gasteiger partial charge in [-0.3, -0.25) is 4.90 Å². The Hall–Kier alpha value is -3.12. The molecular formula is C25H25F9N2O2. The Morgan fingerprint density at radius 2 is 1.45 bits per heavy atom. The lowest BCUT2D eigenvalue weighted by Crippen LogP contribution is -2.46. The second-order valence-electron chi connectivity index (χ2n) is 8.98. The van der Waals surface area contributed by atoms with Crippen molar-refractivity contribution >= 4 is 17.5 Å². The summed E-state index contributed by atoms with van der Waals surface area (Å²) in [6, 6.07) is 3.42. The molecule has 1 aliphatic rings. The van der Waals surface area contributed by atoms with Crippen LogP contribution < -0.4 is 9.80 Å². The van der Waals surface area contributed by atoms with E-state index in [-0.39, 0.29) is 36.9 Å². The number of anilines is 2. The molecule has 1 amide bonds. The molecule has 0 bridgehead atoms. The molecule has 0 radical (unpaired) electrons. The van der Waals surface area contributed by atoms with Gasteiger partial charge in [0.25, 0.3) is 0 Å². The van der Waals surface area contributed by atoms with E-state index in [9.17, 15) is 44.3 Å². The molecule has 4 nitrogen and oxygen atoms in total. The average molecular weight is 556 g/mol. The Morgan fingerprint density at radius 1 is 0.895 bits per heavy atom. The fourth-order valence-corrected chi connectivity index (χ4v) is 4.59. The minimum Gasteiger partial charge on any atom is -0.449 e. The molecule has 0 saturated carbocycles. The first-order valence-corrected chi connectivity index (χ1v) is 11.6. The fraction of sp³-hybridized carbons (Fsp3) is 0.480. The minimum absolute atomic E-state index is 0.00713. The first-order chi connectivity index (χ1) is 17.5. The molecule has 1 heterocycles. The van der Waals surface area contributed by atoms with Crippen LogP contribution in [0.3, 0.4) is 0 Å². The van der Waals surface area contributed by atoms with E-state index in [4.69, 9.17) is 4.74 Å². The van der Waals surface area contributed by atoms with Gasteiger partial charge in [0.05, 0.1) is 29.0 Å². The Morgan fingerprint density at radius 3 is 1.92 bits per heavy atom. The molecule has 13 heteroatoms. The molecule has 1 unspecified atom stereocenters. The average Bonchev–Trinajstić information content (AvgIpc) is 2.81. The lowest BCUT2D eigenvalue weighted by molar-refractivity contribution is -0.143. The Labute approximate surface area is 213 Å². The molecule has 1 aliphatic heterocycles. The number of ether oxygens (including phenoxy) is 1. The predicted molar refractivity (Wildman–Crippen MR) is 122 cm³/mol. The van der Waals surface area contributed by atoms with E-state index in [2.05, 4.69) is 0 Å². The number of rotatable bonds is 5. The van der Waals surface area contributed by atoms with Gasteiger partial charge in [-0.2, -0.15) is 39.5 Å². The van der Waals surface area contributed by atoms with Crippen molar-refractivity contribution in [2.24, 2.45) is 0 Å². The molecule has 0 fully saturated rings. The number of carbonyl (C=O) groups is 1. The molecule has 0 spiro atoms. The maximum Gasteiger partial charge on any atom is 0.416 e. The smallest absolute Gasteiger partial charge is 0.416 e. The number of fused-ring (bicyclic) bond motifs is 1. The molecule has 0 saturated heterocycles. The Balaban J connectivity index is 2.09. The summed E-state index contributed by atoms with van der Waals surface area (Å²) in [6.45, 7) is 3.12. The third-order valence-electron chi connectivity index (χ3n) is 6.42. The van der Waals surface area contributed by atoms with Gasteiger partial charge in [-0.1, -0.05) is 6.92 Å². The van der Waals surface area contributed by atoms with Gasteiger partial charge < -0.3 is 9.64 Å². The lowest BCUT2D eigenvalue weighted by atomic mass is 9.83. The first-order valence-electron chi connectivity index (χ1n) is 11.6. The minimum atomic E-state index is -5.05. The van der Waals surface area contributed by atoms with Crippen LogP contribution in [0.15, 0.2) is 36.4 Å². The van der Waals surface area contributed by atoms with Crippen LogP contribution in [0.1, 0.15) is 54.9 Å². The molecule has 2 aromatic carbocycles. The Kier molecular flexibility index (Phi) is 8.18. The highest BCUT2D eigenvalue weighted by atomic mass is 19.4. The summed E-state index contributed by atoms with van der Waals surface area (Å²) >= 11 is 0. The van der Waals surface area contributed by atoms with Gasteiger partial charge in [-0.05, 0) is 61.7 Å². The van der Waals surface area contributed by atoms with Crippen molar-refractivity contribution in [3.63, 3.8) is 0 Å². The summed E-state index contributed by atoms with van der Waals surface area (Å²) in [5.74, 6) is -0.753. The number of hydrogen-bond acceptors (Lipinski definition) is 3. The van der Waals surface area contributed by atoms with Gasteiger partial charge in [0.2, 0.25) is 0 Å². The zero-order valence-electron chi connectivity index (χ0n) is 20.6. The number of halogens is 9. The van der Waals surface area contributed by atoms with Crippen LogP contribution >= 0.6 is 0 Å². The van der Waals surface area contributed by atoms with Crippen LogP contribution in [0.4, 0.5) is 55.7 Å². The van der Waals surface area contributed by atoms with Crippen molar-refractivity contribution in [1.82, 2.24) is 0 Å². The number of alkyl halides is 9. The molecule has 2 atom stereocenters. The van der Waals surface area contributed by atoms with E-state index in [0.717, 1.165) is 23.1 Å². The van der Waals surface area contributed by atoms with Crippen molar-refractivity contribution < 1.29 is 49.0 Å². The first kappa shape index (κ1) is 29.4. The number of likely N-dealkylation sites (N-methyl/N-ethyl adjacent to an activating group) is 1. The zero-order valence-corrected chi connectivity index (χ0v) is 20.6. The quantitative estimate of drug-likeness (QED) is 0.349. The van der Waals surface area contributed by atoms with Gasteiger partial charge in [0.15, 0.2) is 0 Å². The van der Waals surface area contributed by atoms with E-state index in [1.807, 2.05) is 0 Å². The number of benzene rings is 2. The highest BCUT2D eigenvalue weighted by Gasteiger charge is 2.40. The number of nitrogens with zero attached hydrogens (tertiary/aromatic N) is 2. The molecule has 0 N–H and O–H groups in total. The third-order valence-corrected chi connectivity index (χ3v) is 6.42. The highest BCUT2D eigenvalue weighted by Crippen LogP contribution is 2.44. The van der Waals surface area contributed by atoms with Crippen molar-refractivity contribution in [2.45, 2.75) is 57.2 Å². The third kappa shape index (κ3) is 6.29. The number of hydrogen-bond donors (Lipinski definition) is 0. The maximum atomic E-state index is 13.5. The lowest BCUT2D eigenvalue weighted by Gasteiger charge is -2.41. The molecular weight excluding hydrogens is 531 g/mol. The fourth-order valence-electron chi connectivity index (χ4n) is 4.59. The highest BCUT2D eigenvalue weighted by molar-refractivity contribution is 5.90. The van der Waals surface area contributed by atoms with E-state index in [1.165, 1.54) is 11.9 Å². The molecule has 210 valence electrons. The van der Waals surface area contributed by atoms with Gasteiger partial charge in [0.1, 0.15) is 0 Å². The summed E-state index contributed by atoms with van der Waals surface area (Å²) in [4.78, 5) is 15.1. The van der Waals surface area contributed by atoms with Crippen LogP contribution in [0, 0.1) is 0 Å². The van der Waals surface area contributed by atoms with Gasteiger partial charge >= 0.3 is 24.6 Å². The van der Waals surface area contributed by atoms with Crippen molar-refractivity contribution in [1.29, 1.82) is 0 Å². The second-order valence-corrected chi connectivity index (χ2v) is 8.98. The summed E-state index contributed by atoms with van der Waals surface area (Å²) in [6.07, 6.45) is -15.1. The molecule has 0 aliphatic carbocycles. The van der Waals surface area contributed by atoms with E-state index < -0.39 is 59.0 Å². The van der Waals surface area contributed by atoms with Crippen LogP contribution in [-0.4, -0.2) is 32.3 Å². The summed E-state index contributed by atoms with van der Waals surface area (Å²) in [7, 11) is 1.27. The van der Waals surface area contributed by atoms with Crippen LogP contribution in [0.2, 0.25) is 0 Å². The molecule has 0 aromatic heterocycles. The van der Waals surface area contributed by atoms with E-state index >= 15 is 0 Å². The Bertz CT molecular complexity index is 1130. The van der Waals surface area contributed by atoms with Crippen LogP contribution in [0.25, 0.3) is 0 Å². The van der Waals surface area contributed by atoms with Crippen LogP contribution in [0.5, 0.6) is 0 Å². The van der Waals surface area contributed by atoms with E-state index in [1.54, 1.807) is 13.8 Å². The summed E-state index contributed by atoms with van der Waals surface area (Å²) < 4.78 is 126.